The molecule has 0 aromatic heterocycles. The van der Waals surface area contributed by atoms with E-state index in [2.05, 4.69) is 291 Å². The van der Waals surface area contributed by atoms with Crippen LogP contribution >= 0.6 is 0 Å². The molecule has 0 unspecified atom stereocenters. The Bertz CT molecular complexity index is 4380. The molecule has 0 nitrogen and oxygen atoms in total. The van der Waals surface area contributed by atoms with Gasteiger partial charge in [-0.1, -0.05) is 243 Å². The van der Waals surface area contributed by atoms with Crippen LogP contribution in [0.15, 0.2) is 291 Å². The van der Waals surface area contributed by atoms with E-state index < -0.39 is 0 Å². The van der Waals surface area contributed by atoms with Gasteiger partial charge in [0.05, 0.1) is 0 Å². The predicted molar refractivity (Wildman–Crippen MR) is 340 cm³/mol. The highest BCUT2D eigenvalue weighted by Crippen LogP contribution is 2.58. The Morgan fingerprint density at radius 2 is 0.325 bits per heavy atom. The average Bonchev–Trinajstić information content (AvgIpc) is 4.09. The van der Waals surface area contributed by atoms with E-state index in [4.69, 9.17) is 0 Å². The first-order valence-electron chi connectivity index (χ1n) is 27.9. The Labute approximate surface area is 465 Å². The molecule has 0 heteroatoms. The van der Waals surface area contributed by atoms with Gasteiger partial charge in [-0.25, -0.2) is 0 Å². The summed E-state index contributed by atoms with van der Waals surface area (Å²) in [7, 11) is 0. The van der Waals surface area contributed by atoms with Crippen LogP contribution in [0.4, 0.5) is 0 Å². The highest BCUT2D eigenvalue weighted by Gasteiger charge is 2.31. The normalized spacial score (nSPS) is 12.0. The summed E-state index contributed by atoms with van der Waals surface area (Å²) in [5, 5.41) is 10.6. The minimum absolute atomic E-state index is 1.21. The SMILES string of the molecule is c1ccc(-c2cccc(-c3cc4c(cc3-c3cccc(-c5ccccc5)c3)-c3ccc5c6ccc7c8c(ccc(c9ccc-4c3c95)c86)-c3cc(-c4cccc(-c5ccccc5)c4)c(-c4cccc(-c5ccccc5)c4)cc3-7)c2)cc1. The van der Waals surface area contributed by atoms with Crippen molar-refractivity contribution in [3.8, 4) is 134 Å². The molecule has 2 aliphatic carbocycles. The Hall–Kier alpha value is -10.4. The van der Waals surface area contributed by atoms with Crippen molar-refractivity contribution in [2.45, 2.75) is 0 Å². The second-order valence-corrected chi connectivity index (χ2v) is 21.8. The molecule has 0 fully saturated rings. The van der Waals surface area contributed by atoms with Crippen molar-refractivity contribution < 1.29 is 0 Å². The summed E-state index contributed by atoms with van der Waals surface area (Å²) in [5.41, 5.74) is 29.8. The van der Waals surface area contributed by atoms with E-state index in [-0.39, 0.29) is 0 Å². The molecule has 0 amide bonds. The summed E-state index contributed by atoms with van der Waals surface area (Å²) in [6, 6.07) is 109. The van der Waals surface area contributed by atoms with E-state index in [1.807, 2.05) is 0 Å². The van der Waals surface area contributed by atoms with Crippen LogP contribution in [-0.4, -0.2) is 0 Å². The topological polar surface area (TPSA) is 0 Å². The molecule has 17 rings (SSSR count). The number of hydrogen-bond acceptors (Lipinski definition) is 0. The molecule has 0 heterocycles. The predicted octanol–water partition coefficient (Wildman–Crippen LogP) is 22.4. The van der Waals surface area contributed by atoms with Gasteiger partial charge in [-0.15, -0.1) is 0 Å². The van der Waals surface area contributed by atoms with Crippen molar-refractivity contribution in [3.63, 3.8) is 0 Å². The molecule has 0 radical (unpaired) electrons. The largest absolute Gasteiger partial charge is 0.0622 e. The molecular formula is C80H48. The summed E-state index contributed by atoms with van der Waals surface area (Å²) in [5.74, 6) is 0. The van der Waals surface area contributed by atoms with Gasteiger partial charge < -0.3 is 0 Å². The van der Waals surface area contributed by atoms with Gasteiger partial charge in [-0.3, -0.25) is 0 Å². The zero-order valence-electron chi connectivity index (χ0n) is 43.7. The zero-order chi connectivity index (χ0) is 52.4. The number of fused-ring (bicyclic) bond motifs is 8. The molecule has 2 aliphatic rings. The van der Waals surface area contributed by atoms with Crippen LogP contribution in [0.3, 0.4) is 0 Å². The van der Waals surface area contributed by atoms with Gasteiger partial charge in [0.1, 0.15) is 0 Å². The molecule has 0 N–H and O–H groups in total. The highest BCUT2D eigenvalue weighted by molar-refractivity contribution is 6.40. The van der Waals surface area contributed by atoms with Gasteiger partial charge in [0, 0.05) is 0 Å². The summed E-state index contributed by atoms with van der Waals surface area (Å²) < 4.78 is 0. The molecule has 80 heavy (non-hydrogen) atoms. The molecular weight excluding hydrogens is 961 g/mol. The van der Waals surface area contributed by atoms with Crippen LogP contribution in [0, 0.1) is 0 Å². The minimum Gasteiger partial charge on any atom is -0.0622 e. The first-order valence-corrected chi connectivity index (χ1v) is 27.9. The third-order valence-electron chi connectivity index (χ3n) is 17.5. The van der Waals surface area contributed by atoms with Gasteiger partial charge in [-0.2, -0.15) is 0 Å². The molecule has 15 aromatic carbocycles. The first kappa shape index (κ1) is 44.7. The van der Waals surface area contributed by atoms with Crippen molar-refractivity contribution in [1.29, 1.82) is 0 Å². The third-order valence-corrected chi connectivity index (χ3v) is 17.5. The summed E-state index contributed by atoms with van der Waals surface area (Å²) >= 11 is 0. The van der Waals surface area contributed by atoms with Crippen LogP contribution < -0.4 is 0 Å². The fourth-order valence-electron chi connectivity index (χ4n) is 13.8. The summed E-state index contributed by atoms with van der Waals surface area (Å²) in [4.78, 5) is 0. The van der Waals surface area contributed by atoms with E-state index in [1.165, 1.54) is 177 Å². The van der Waals surface area contributed by atoms with Gasteiger partial charge >= 0.3 is 0 Å². The van der Waals surface area contributed by atoms with Crippen molar-refractivity contribution in [1.82, 2.24) is 0 Å². The number of benzene rings is 15. The van der Waals surface area contributed by atoms with E-state index in [0.717, 1.165) is 0 Å². The van der Waals surface area contributed by atoms with Crippen molar-refractivity contribution >= 4 is 43.1 Å². The average molecular weight is 1010 g/mol. The monoisotopic (exact) mass is 1010 g/mol. The lowest BCUT2D eigenvalue weighted by molar-refractivity contribution is 1.56. The minimum atomic E-state index is 1.21. The van der Waals surface area contributed by atoms with Crippen LogP contribution in [0.1, 0.15) is 0 Å². The molecule has 0 saturated heterocycles. The first-order chi connectivity index (χ1) is 39.7. The summed E-state index contributed by atoms with van der Waals surface area (Å²) in [6.07, 6.45) is 0. The Morgan fingerprint density at radius 3 is 0.562 bits per heavy atom. The smallest absolute Gasteiger partial charge is 0.00139 e. The Morgan fingerprint density at radius 1 is 0.113 bits per heavy atom. The van der Waals surface area contributed by atoms with Crippen LogP contribution in [-0.2, 0) is 0 Å². The van der Waals surface area contributed by atoms with Crippen molar-refractivity contribution in [2.75, 3.05) is 0 Å². The van der Waals surface area contributed by atoms with Crippen LogP contribution in [0.2, 0.25) is 0 Å². The Kier molecular flexibility index (Phi) is 9.81. The van der Waals surface area contributed by atoms with Gasteiger partial charge in [0.2, 0.25) is 0 Å². The maximum absolute atomic E-state index is 2.50. The molecule has 0 bridgehead atoms. The van der Waals surface area contributed by atoms with E-state index in [1.54, 1.807) is 0 Å². The molecule has 0 spiro atoms. The van der Waals surface area contributed by atoms with E-state index in [9.17, 15) is 0 Å². The van der Waals surface area contributed by atoms with Gasteiger partial charge in [-0.05, 0) is 225 Å². The van der Waals surface area contributed by atoms with Crippen molar-refractivity contribution in [3.05, 3.63) is 291 Å². The molecule has 0 saturated carbocycles. The zero-order valence-corrected chi connectivity index (χ0v) is 43.7. The standard InChI is InChI=1S/C80H48/c1-5-17-49(18-6-1)53-25-13-29-57(41-53)69-45-73-65-37-33-61-63-35-39-67-75-47-71(59-31-15-27-55(43-59)51-21-9-3-10-22-51)72(60-32-16-28-56(44-60)52-23-11-4-12-24-52)48-76(75)68-40-36-64(78(63)80(67)68)62-34-38-66(79(65)77(61)62)74(73)46-70(69)58-30-14-26-54(42-58)50-19-7-2-8-20-50/h1-48H. The Balaban J connectivity index is 0.858. The van der Waals surface area contributed by atoms with Gasteiger partial charge in [0.15, 0.2) is 0 Å². The lowest BCUT2D eigenvalue weighted by Gasteiger charge is -2.16. The third kappa shape index (κ3) is 6.83. The second kappa shape index (κ2) is 17.6. The molecule has 368 valence electrons. The summed E-state index contributed by atoms with van der Waals surface area (Å²) in [6.45, 7) is 0. The van der Waals surface area contributed by atoms with Crippen molar-refractivity contribution in [2.24, 2.45) is 0 Å². The van der Waals surface area contributed by atoms with Gasteiger partial charge in [0.25, 0.3) is 0 Å². The lowest BCUT2D eigenvalue weighted by atomic mass is 9.86. The lowest BCUT2D eigenvalue weighted by Crippen LogP contribution is -1.90. The molecule has 0 atom stereocenters. The fourth-order valence-corrected chi connectivity index (χ4v) is 13.8. The number of hydrogen-bond donors (Lipinski definition) is 0. The second-order valence-electron chi connectivity index (χ2n) is 21.8. The maximum Gasteiger partial charge on any atom is -0.00139 e. The van der Waals surface area contributed by atoms with Crippen LogP contribution in [0.25, 0.3) is 177 Å². The molecule has 15 aromatic rings. The van der Waals surface area contributed by atoms with E-state index >= 15 is 0 Å². The molecule has 0 aliphatic heterocycles. The van der Waals surface area contributed by atoms with Crippen LogP contribution in [0.5, 0.6) is 0 Å². The van der Waals surface area contributed by atoms with E-state index in [0.29, 0.717) is 0 Å². The number of rotatable bonds is 8. The maximum atomic E-state index is 2.50. The quantitative estimate of drug-likeness (QED) is 0.105. The fraction of sp³-hybridized carbons (Fsp3) is 0. The highest BCUT2D eigenvalue weighted by atomic mass is 14.3.